The van der Waals surface area contributed by atoms with Crippen LogP contribution in [0, 0.1) is 5.41 Å². The first-order chi connectivity index (χ1) is 13.6. The average Bonchev–Trinajstić information content (AvgIpc) is 3.43. The first kappa shape index (κ1) is 17.2. The number of fused-ring (bicyclic) bond motifs is 3. The Hall–Kier alpha value is -1.71. The minimum absolute atomic E-state index is 0.0714. The lowest BCUT2D eigenvalue weighted by Crippen LogP contribution is -2.40. The molecule has 0 unspecified atom stereocenters. The van der Waals surface area contributed by atoms with E-state index < -0.39 is 0 Å². The Morgan fingerprint density at radius 2 is 1.29 bits per heavy atom. The predicted octanol–water partition coefficient (Wildman–Crippen LogP) is 4.17. The number of halogens is 1. The Morgan fingerprint density at radius 1 is 0.750 bits per heavy atom. The highest BCUT2D eigenvalue weighted by Gasteiger charge is 2.66. The molecule has 0 amide bonds. The molecule has 146 valence electrons. The van der Waals surface area contributed by atoms with E-state index >= 15 is 0 Å². The zero-order valence-corrected chi connectivity index (χ0v) is 17.4. The Balaban J connectivity index is 1.35. The van der Waals surface area contributed by atoms with Crippen LogP contribution >= 0.6 is 22.6 Å². The van der Waals surface area contributed by atoms with E-state index in [1.165, 1.54) is 0 Å². The van der Waals surface area contributed by atoms with Crippen LogP contribution in [0.15, 0.2) is 36.4 Å². The van der Waals surface area contributed by atoms with Gasteiger partial charge in [0.25, 0.3) is 0 Å². The quantitative estimate of drug-likeness (QED) is 0.462. The monoisotopic (exact) mass is 494 g/mol. The fraction of sp³-hybridized carbons (Fsp3) is 0.429. The van der Waals surface area contributed by atoms with Crippen molar-refractivity contribution in [3.63, 3.8) is 0 Å². The molecule has 0 aromatic heterocycles. The minimum Gasteiger partial charge on any atom is -0.454 e. The van der Waals surface area contributed by atoms with E-state index in [1.807, 2.05) is 24.3 Å². The number of rotatable bonds is 2. The van der Waals surface area contributed by atoms with Crippen molar-refractivity contribution >= 4 is 22.6 Å². The number of hydrogen-bond donors (Lipinski definition) is 0. The van der Waals surface area contributed by atoms with E-state index in [2.05, 4.69) is 41.6 Å². The third kappa shape index (κ3) is 2.21. The highest BCUT2D eigenvalue weighted by atomic mass is 127. The van der Waals surface area contributed by atoms with Gasteiger partial charge >= 0.3 is 0 Å². The SMILES string of the molecule is C[C@]12CO[C@H](c3ccc4c(c3)OCO4)[C@@]1(I)CO[C@@H]2c1ccc2c(c1)OCO2. The van der Waals surface area contributed by atoms with E-state index in [1.54, 1.807) is 0 Å². The molecule has 4 aliphatic rings. The fourth-order valence-corrected chi connectivity index (χ4v) is 5.87. The molecule has 2 aromatic carbocycles. The van der Waals surface area contributed by atoms with Crippen molar-refractivity contribution in [1.29, 1.82) is 0 Å². The van der Waals surface area contributed by atoms with Crippen LogP contribution in [0.25, 0.3) is 0 Å². The van der Waals surface area contributed by atoms with Gasteiger partial charge in [-0.2, -0.15) is 0 Å². The molecule has 6 rings (SSSR count). The average molecular weight is 494 g/mol. The van der Waals surface area contributed by atoms with Crippen molar-refractivity contribution < 1.29 is 28.4 Å². The number of hydrogen-bond acceptors (Lipinski definition) is 6. The van der Waals surface area contributed by atoms with Gasteiger partial charge in [0.05, 0.1) is 22.7 Å². The second-order valence-corrected chi connectivity index (χ2v) is 9.81. The van der Waals surface area contributed by atoms with Gasteiger partial charge in [0.2, 0.25) is 13.6 Å². The molecule has 0 N–H and O–H groups in total. The molecule has 0 bridgehead atoms. The van der Waals surface area contributed by atoms with E-state index in [-0.39, 0.29) is 34.6 Å². The predicted molar refractivity (Wildman–Crippen MR) is 107 cm³/mol. The van der Waals surface area contributed by atoms with Gasteiger partial charge in [0.1, 0.15) is 6.10 Å². The van der Waals surface area contributed by atoms with Crippen molar-refractivity contribution in [2.75, 3.05) is 26.8 Å². The van der Waals surface area contributed by atoms with Crippen molar-refractivity contribution in [1.82, 2.24) is 0 Å². The third-order valence-electron chi connectivity index (χ3n) is 6.35. The molecule has 6 nitrogen and oxygen atoms in total. The van der Waals surface area contributed by atoms with Gasteiger partial charge in [0, 0.05) is 5.41 Å². The van der Waals surface area contributed by atoms with E-state index in [0.29, 0.717) is 13.2 Å². The molecule has 28 heavy (non-hydrogen) atoms. The summed E-state index contributed by atoms with van der Waals surface area (Å²) >= 11 is 2.55. The molecule has 0 radical (unpaired) electrons. The summed E-state index contributed by atoms with van der Waals surface area (Å²) in [7, 11) is 0. The standard InChI is InChI=1S/C21H19IO6/c1-20-8-23-19(13-3-5-15-17(7-13)28-11-26-15)21(20,22)9-24-18(20)12-2-4-14-16(6-12)27-10-25-14/h2-7,18-19H,8-11H2,1H3/t18-,19-,20-,21+/m1/s1. The third-order valence-corrected chi connectivity index (χ3v) is 8.46. The molecule has 2 aromatic rings. The molecule has 4 heterocycles. The van der Waals surface area contributed by atoms with Gasteiger partial charge in [-0.15, -0.1) is 0 Å². The summed E-state index contributed by atoms with van der Waals surface area (Å²) in [5, 5.41) is 0. The lowest BCUT2D eigenvalue weighted by molar-refractivity contribution is 0.00205. The Bertz CT molecular complexity index is 886. The summed E-state index contributed by atoms with van der Waals surface area (Å²) in [5.74, 6) is 3.13. The fourth-order valence-electron chi connectivity index (χ4n) is 4.71. The van der Waals surface area contributed by atoms with Crippen LogP contribution in [0.5, 0.6) is 23.0 Å². The first-order valence-corrected chi connectivity index (χ1v) is 10.4. The highest BCUT2D eigenvalue weighted by molar-refractivity contribution is 14.1. The van der Waals surface area contributed by atoms with Gasteiger partial charge in [-0.3, -0.25) is 0 Å². The van der Waals surface area contributed by atoms with Crippen molar-refractivity contribution in [2.45, 2.75) is 22.6 Å². The summed E-state index contributed by atoms with van der Waals surface area (Å²) in [5.41, 5.74) is 2.01. The maximum absolute atomic E-state index is 6.38. The number of alkyl halides is 1. The minimum atomic E-state index is -0.195. The Kier molecular flexibility index (Phi) is 3.62. The van der Waals surface area contributed by atoms with Crippen molar-refractivity contribution in [2.24, 2.45) is 5.41 Å². The molecule has 2 saturated heterocycles. The largest absolute Gasteiger partial charge is 0.454 e. The zero-order chi connectivity index (χ0) is 18.9. The number of benzene rings is 2. The molecule has 4 atom stereocenters. The van der Waals surface area contributed by atoms with Crippen LogP contribution in [0.1, 0.15) is 30.3 Å². The van der Waals surface area contributed by atoms with Gasteiger partial charge < -0.3 is 28.4 Å². The van der Waals surface area contributed by atoms with E-state index in [9.17, 15) is 0 Å². The highest BCUT2D eigenvalue weighted by Crippen LogP contribution is 2.65. The maximum Gasteiger partial charge on any atom is 0.231 e. The van der Waals surface area contributed by atoms with Gasteiger partial charge in [-0.25, -0.2) is 0 Å². The topological polar surface area (TPSA) is 55.4 Å². The molecular weight excluding hydrogens is 475 g/mol. The molecular formula is C21H19IO6. The smallest absolute Gasteiger partial charge is 0.231 e. The van der Waals surface area contributed by atoms with E-state index in [4.69, 9.17) is 28.4 Å². The van der Waals surface area contributed by atoms with Crippen LogP contribution in [0.3, 0.4) is 0 Å². The van der Waals surface area contributed by atoms with Crippen LogP contribution < -0.4 is 18.9 Å². The molecule has 0 aliphatic carbocycles. The van der Waals surface area contributed by atoms with Gasteiger partial charge in [0.15, 0.2) is 23.0 Å². The Morgan fingerprint density at radius 3 is 1.93 bits per heavy atom. The first-order valence-electron chi connectivity index (χ1n) is 9.30. The van der Waals surface area contributed by atoms with Crippen LogP contribution in [0.4, 0.5) is 0 Å². The summed E-state index contributed by atoms with van der Waals surface area (Å²) in [4.78, 5) is 0. The summed E-state index contributed by atoms with van der Waals surface area (Å²) in [6.07, 6.45) is -0.149. The Labute approximate surface area is 176 Å². The molecule has 4 aliphatic heterocycles. The van der Waals surface area contributed by atoms with Gasteiger partial charge in [-0.05, 0) is 35.4 Å². The van der Waals surface area contributed by atoms with Crippen LogP contribution in [0.2, 0.25) is 0 Å². The maximum atomic E-state index is 6.38. The summed E-state index contributed by atoms with van der Waals surface area (Å²) < 4.78 is 34.6. The number of ether oxygens (including phenoxy) is 6. The van der Waals surface area contributed by atoms with Gasteiger partial charge in [-0.1, -0.05) is 41.6 Å². The second kappa shape index (κ2) is 5.90. The normalized spacial score (nSPS) is 34.6. The molecule has 0 saturated carbocycles. The van der Waals surface area contributed by atoms with Crippen molar-refractivity contribution in [3.8, 4) is 23.0 Å². The zero-order valence-electron chi connectivity index (χ0n) is 15.3. The lowest BCUT2D eigenvalue weighted by atomic mass is 9.72. The van der Waals surface area contributed by atoms with Crippen molar-refractivity contribution in [3.05, 3.63) is 47.5 Å². The molecule has 2 fully saturated rings. The summed E-state index contributed by atoms with van der Waals surface area (Å²) in [6, 6.07) is 12.1. The van der Waals surface area contributed by atoms with E-state index in [0.717, 1.165) is 34.1 Å². The lowest BCUT2D eigenvalue weighted by Gasteiger charge is -2.35. The molecule has 7 heteroatoms. The van der Waals surface area contributed by atoms with Crippen LogP contribution in [-0.4, -0.2) is 30.2 Å². The summed E-state index contributed by atoms with van der Waals surface area (Å²) in [6.45, 7) is 4.03. The molecule has 0 spiro atoms. The van der Waals surface area contributed by atoms with Crippen LogP contribution in [-0.2, 0) is 9.47 Å². The second-order valence-electron chi connectivity index (χ2n) is 7.89.